The highest BCUT2D eigenvalue weighted by Gasteiger charge is 2.58. The van der Waals surface area contributed by atoms with Gasteiger partial charge in [0.1, 0.15) is 18.8 Å². The predicted molar refractivity (Wildman–Crippen MR) is 137 cm³/mol. The van der Waals surface area contributed by atoms with Gasteiger partial charge in [-0.3, -0.25) is 14.2 Å². The standard InChI is InChI=1S/C25H32FN7O5/c1-13(2)17(27)22(35)36-11-15-19(38-16(34)10-14-8-6-5-7-9-14)25(3,26)23(37-15)33-12-30-18-20(29-4)31-24(28)32-21(18)33/h5-9,12-13,15,17,19,23H,10-11,27H2,1-4H3,(H3,28,29,31,32)/t15-,17+,19-,23-,25-/m1/s1. The summed E-state index contributed by atoms with van der Waals surface area (Å²) in [5.41, 5.74) is 10.7. The molecule has 0 saturated carbocycles. The van der Waals surface area contributed by atoms with E-state index in [0.717, 1.165) is 0 Å². The second kappa shape index (κ2) is 10.9. The second-order valence-corrected chi connectivity index (χ2v) is 9.66. The van der Waals surface area contributed by atoms with Crippen molar-refractivity contribution in [1.82, 2.24) is 19.5 Å². The molecule has 38 heavy (non-hydrogen) atoms. The summed E-state index contributed by atoms with van der Waals surface area (Å²) in [6.45, 7) is 4.41. The Labute approximate surface area is 218 Å². The van der Waals surface area contributed by atoms with Crippen molar-refractivity contribution >= 4 is 34.9 Å². The van der Waals surface area contributed by atoms with Gasteiger partial charge in [0.25, 0.3) is 0 Å². The summed E-state index contributed by atoms with van der Waals surface area (Å²) in [5, 5.41) is 2.87. The smallest absolute Gasteiger partial charge is 0.323 e. The Bertz CT molecular complexity index is 1300. The Hall–Kier alpha value is -3.84. The number of aromatic nitrogens is 4. The number of alkyl halides is 1. The number of nitrogen functional groups attached to an aromatic ring is 1. The molecule has 204 valence electrons. The van der Waals surface area contributed by atoms with Gasteiger partial charge in [-0.25, -0.2) is 9.37 Å². The summed E-state index contributed by atoms with van der Waals surface area (Å²) >= 11 is 0. The summed E-state index contributed by atoms with van der Waals surface area (Å²) in [5.74, 6) is -1.21. The molecule has 3 aromatic rings. The van der Waals surface area contributed by atoms with E-state index in [4.69, 9.17) is 25.7 Å². The van der Waals surface area contributed by atoms with Crippen LogP contribution in [0.15, 0.2) is 36.7 Å². The van der Waals surface area contributed by atoms with Crippen LogP contribution in [0.25, 0.3) is 11.2 Å². The number of rotatable bonds is 9. The molecule has 0 aliphatic carbocycles. The van der Waals surface area contributed by atoms with E-state index in [-0.39, 0.29) is 30.5 Å². The number of nitrogens with two attached hydrogens (primary N) is 2. The average molecular weight is 530 g/mol. The number of halogens is 1. The molecular formula is C25H32FN7O5. The Kier molecular flexibility index (Phi) is 7.78. The number of nitrogens with one attached hydrogen (secondary N) is 1. The van der Waals surface area contributed by atoms with Gasteiger partial charge < -0.3 is 31.0 Å². The lowest BCUT2D eigenvalue weighted by molar-refractivity contribution is -0.161. The molecular weight excluding hydrogens is 497 g/mol. The van der Waals surface area contributed by atoms with E-state index in [2.05, 4.69) is 20.3 Å². The molecule has 1 aliphatic rings. The molecule has 0 bridgehead atoms. The molecule has 1 aliphatic heterocycles. The Morgan fingerprint density at radius 3 is 2.63 bits per heavy atom. The molecule has 1 fully saturated rings. The van der Waals surface area contributed by atoms with Crippen LogP contribution in [-0.2, 0) is 30.2 Å². The van der Waals surface area contributed by atoms with Gasteiger partial charge in [0.2, 0.25) is 5.95 Å². The monoisotopic (exact) mass is 529 g/mol. The van der Waals surface area contributed by atoms with Gasteiger partial charge in [0.05, 0.1) is 12.7 Å². The fraction of sp³-hybridized carbons (Fsp3) is 0.480. The third-order valence-electron chi connectivity index (χ3n) is 6.44. The molecule has 0 spiro atoms. The minimum absolute atomic E-state index is 0.0545. The number of esters is 2. The van der Waals surface area contributed by atoms with E-state index >= 15 is 4.39 Å². The summed E-state index contributed by atoms with van der Waals surface area (Å²) in [4.78, 5) is 37.8. The van der Waals surface area contributed by atoms with E-state index in [1.165, 1.54) is 17.8 Å². The van der Waals surface area contributed by atoms with Gasteiger partial charge in [-0.15, -0.1) is 0 Å². The van der Waals surface area contributed by atoms with Crippen LogP contribution in [0.3, 0.4) is 0 Å². The zero-order valence-electron chi connectivity index (χ0n) is 21.6. The summed E-state index contributed by atoms with van der Waals surface area (Å²) in [6.07, 6.45) is -2.64. The summed E-state index contributed by atoms with van der Waals surface area (Å²) in [7, 11) is 1.64. The van der Waals surface area contributed by atoms with Crippen molar-refractivity contribution in [2.24, 2.45) is 11.7 Å². The Balaban J connectivity index is 1.64. The molecule has 12 nitrogen and oxygen atoms in total. The Morgan fingerprint density at radius 1 is 1.26 bits per heavy atom. The molecule has 5 N–H and O–H groups in total. The minimum Gasteiger partial charge on any atom is -0.462 e. The van der Waals surface area contributed by atoms with Crippen molar-refractivity contribution in [1.29, 1.82) is 0 Å². The summed E-state index contributed by atoms with van der Waals surface area (Å²) < 4.78 is 34.9. The number of carbonyl (C=O) groups excluding carboxylic acids is 2. The first kappa shape index (κ1) is 27.2. The number of imidazole rings is 1. The fourth-order valence-corrected chi connectivity index (χ4v) is 4.29. The van der Waals surface area contributed by atoms with Crippen LogP contribution in [-0.4, -0.2) is 69.0 Å². The number of hydrogen-bond acceptors (Lipinski definition) is 11. The lowest BCUT2D eigenvalue weighted by Gasteiger charge is -2.27. The first-order valence-corrected chi connectivity index (χ1v) is 12.2. The zero-order valence-corrected chi connectivity index (χ0v) is 21.6. The fourth-order valence-electron chi connectivity index (χ4n) is 4.29. The SMILES string of the molecule is CNc1nc(N)nc2c1ncn2[C@@H]1O[C@H](COC(=O)[C@@H](N)C(C)C)[C@@H](OC(=O)Cc2ccccc2)[C@@]1(C)F. The van der Waals surface area contributed by atoms with Crippen molar-refractivity contribution in [2.45, 2.75) is 57.3 Å². The molecule has 1 saturated heterocycles. The first-order valence-electron chi connectivity index (χ1n) is 12.2. The van der Waals surface area contributed by atoms with Crippen molar-refractivity contribution in [3.63, 3.8) is 0 Å². The molecule has 4 rings (SSSR count). The van der Waals surface area contributed by atoms with Crippen LogP contribution in [0.4, 0.5) is 16.2 Å². The molecule has 3 heterocycles. The Morgan fingerprint density at radius 2 is 1.97 bits per heavy atom. The highest BCUT2D eigenvalue weighted by Crippen LogP contribution is 2.44. The minimum atomic E-state index is -2.28. The molecule has 13 heteroatoms. The van der Waals surface area contributed by atoms with E-state index in [9.17, 15) is 9.59 Å². The van der Waals surface area contributed by atoms with E-state index < -0.39 is 42.1 Å². The zero-order chi connectivity index (χ0) is 27.6. The molecule has 0 amide bonds. The molecule has 0 unspecified atom stereocenters. The first-order chi connectivity index (χ1) is 18.0. The number of ether oxygens (including phenoxy) is 3. The lowest BCUT2D eigenvalue weighted by Crippen LogP contribution is -2.45. The van der Waals surface area contributed by atoms with Gasteiger partial charge in [-0.05, 0) is 18.4 Å². The molecule has 1 aromatic carbocycles. The molecule has 2 aromatic heterocycles. The molecule has 5 atom stereocenters. The lowest BCUT2D eigenvalue weighted by atomic mass is 9.98. The second-order valence-electron chi connectivity index (χ2n) is 9.66. The number of anilines is 2. The topological polar surface area (TPSA) is 170 Å². The molecule has 0 radical (unpaired) electrons. The van der Waals surface area contributed by atoms with Crippen LogP contribution >= 0.6 is 0 Å². The van der Waals surface area contributed by atoms with E-state index in [1.807, 2.05) is 6.07 Å². The van der Waals surface area contributed by atoms with Gasteiger partial charge in [-0.1, -0.05) is 44.2 Å². The van der Waals surface area contributed by atoms with Crippen molar-refractivity contribution in [2.75, 3.05) is 24.7 Å². The third kappa shape index (κ3) is 5.38. The van der Waals surface area contributed by atoms with Crippen LogP contribution in [0, 0.1) is 5.92 Å². The van der Waals surface area contributed by atoms with Crippen molar-refractivity contribution in [3.05, 3.63) is 42.2 Å². The highest BCUT2D eigenvalue weighted by atomic mass is 19.1. The largest absolute Gasteiger partial charge is 0.462 e. The van der Waals surface area contributed by atoms with E-state index in [1.54, 1.807) is 45.2 Å². The third-order valence-corrected chi connectivity index (χ3v) is 6.44. The number of nitrogens with zero attached hydrogens (tertiary/aromatic N) is 4. The maximum atomic E-state index is 16.6. The van der Waals surface area contributed by atoms with Crippen LogP contribution in [0.2, 0.25) is 0 Å². The van der Waals surface area contributed by atoms with Crippen LogP contribution in [0.5, 0.6) is 0 Å². The summed E-state index contributed by atoms with van der Waals surface area (Å²) in [6, 6.07) is 8.04. The van der Waals surface area contributed by atoms with E-state index in [0.29, 0.717) is 16.9 Å². The normalized spacial score (nSPS) is 23.9. The van der Waals surface area contributed by atoms with Gasteiger partial charge in [-0.2, -0.15) is 9.97 Å². The maximum absolute atomic E-state index is 16.6. The van der Waals surface area contributed by atoms with Gasteiger partial charge in [0.15, 0.2) is 35.0 Å². The van der Waals surface area contributed by atoms with Gasteiger partial charge in [0, 0.05) is 7.05 Å². The number of benzene rings is 1. The van der Waals surface area contributed by atoms with Crippen molar-refractivity contribution in [3.8, 4) is 0 Å². The van der Waals surface area contributed by atoms with Crippen molar-refractivity contribution < 1.29 is 28.2 Å². The average Bonchev–Trinajstić information content (AvgIpc) is 3.39. The maximum Gasteiger partial charge on any atom is 0.323 e. The van der Waals surface area contributed by atoms with Gasteiger partial charge >= 0.3 is 11.9 Å². The predicted octanol–water partition coefficient (Wildman–Crippen LogP) is 1.76. The number of hydrogen-bond donors (Lipinski definition) is 3. The van der Waals surface area contributed by atoms with Crippen LogP contribution < -0.4 is 16.8 Å². The number of carbonyl (C=O) groups is 2. The quantitative estimate of drug-likeness (QED) is 0.345. The van der Waals surface area contributed by atoms with Crippen LogP contribution in [0.1, 0.15) is 32.6 Å². The number of fused-ring (bicyclic) bond motifs is 1. The highest BCUT2D eigenvalue weighted by molar-refractivity contribution is 5.84.